The maximum Gasteiger partial charge on any atom is 0.0933 e. The third-order valence-corrected chi connectivity index (χ3v) is 1.29. The number of carboxylic acid groups (broad SMARTS) is 2. The minimum atomic E-state index is -1.38. The number of aliphatic hydroxyl groups excluding tert-OH is 1. The smallest absolute Gasteiger partial charge is 0.0933 e. The van der Waals surface area contributed by atoms with Crippen molar-refractivity contribution in [2.24, 2.45) is 0 Å². The Bertz CT molecular complexity index is 167. The first-order chi connectivity index (χ1) is 6.45. The van der Waals surface area contributed by atoms with Crippen LogP contribution in [-0.2, 0) is 9.59 Å². The fourth-order valence-electron chi connectivity index (χ4n) is 0.595. The van der Waals surface area contributed by atoms with Crippen molar-refractivity contribution in [3.8, 4) is 0 Å². The van der Waals surface area contributed by atoms with Crippen LogP contribution >= 0.6 is 0 Å². The lowest BCUT2D eigenvalue weighted by molar-refractivity contribution is -0.315. The molecule has 1 atom stereocenters. The van der Waals surface area contributed by atoms with E-state index in [0.717, 1.165) is 0 Å². The third kappa shape index (κ3) is 13.5. The Hall–Kier alpha value is -1.10. The van der Waals surface area contributed by atoms with Crippen molar-refractivity contribution in [1.82, 2.24) is 0 Å². The molecule has 0 aromatic carbocycles. The lowest BCUT2D eigenvalue weighted by Crippen LogP contribution is -2.35. The molecule has 5 heteroatoms. The molecule has 0 amide bonds. The van der Waals surface area contributed by atoms with Crippen molar-refractivity contribution >= 4 is 11.9 Å². The van der Waals surface area contributed by atoms with E-state index < -0.39 is 18.0 Å². The van der Waals surface area contributed by atoms with Crippen molar-refractivity contribution in [2.75, 3.05) is 0 Å². The Kier molecular flexibility index (Phi) is 11.0. The van der Waals surface area contributed by atoms with Gasteiger partial charge in [-0.05, 0) is 12.8 Å². The van der Waals surface area contributed by atoms with Crippen LogP contribution in [0.4, 0.5) is 0 Å². The van der Waals surface area contributed by atoms with Crippen LogP contribution in [0, 0.1) is 0 Å². The lowest BCUT2D eigenvalue weighted by atomic mass is 10.2. The van der Waals surface area contributed by atoms with Crippen LogP contribution in [0.5, 0.6) is 0 Å². The number of carbonyl (C=O) groups is 2. The number of hydrogen-bond acceptors (Lipinski definition) is 5. The molecule has 0 aliphatic rings. The molecule has 5 nitrogen and oxygen atoms in total. The van der Waals surface area contributed by atoms with E-state index in [0.29, 0.717) is 12.8 Å². The molecule has 0 bridgehead atoms. The average Bonchev–Trinajstić information content (AvgIpc) is 2.05. The number of carbonyl (C=O) groups excluding carboxylic acids is 2. The second-order valence-electron chi connectivity index (χ2n) is 2.75. The first-order valence-corrected chi connectivity index (χ1v) is 4.54. The molecular weight excluding hydrogens is 188 g/mol. The molecule has 1 N–H and O–H groups in total. The molecule has 14 heavy (non-hydrogen) atoms. The zero-order valence-corrected chi connectivity index (χ0v) is 8.49. The fraction of sp³-hybridized carbons (Fsp3) is 0.778. The lowest BCUT2D eigenvalue weighted by Gasteiger charge is -2.07. The van der Waals surface area contributed by atoms with Crippen LogP contribution in [0.1, 0.15) is 39.5 Å². The fourth-order valence-corrected chi connectivity index (χ4v) is 0.595. The van der Waals surface area contributed by atoms with E-state index in [1.54, 1.807) is 13.8 Å². The highest BCUT2D eigenvalue weighted by molar-refractivity contribution is 5.69. The molecule has 0 saturated carbocycles. The summed E-state index contributed by atoms with van der Waals surface area (Å²) in [6.07, 6.45) is 0.514. The van der Waals surface area contributed by atoms with Gasteiger partial charge in [0.15, 0.2) is 0 Å². The molecule has 0 aliphatic carbocycles. The van der Waals surface area contributed by atoms with Crippen molar-refractivity contribution in [3.05, 3.63) is 0 Å². The van der Waals surface area contributed by atoms with E-state index in [9.17, 15) is 19.8 Å². The summed E-state index contributed by atoms with van der Waals surface area (Å²) >= 11 is 0. The highest BCUT2D eigenvalue weighted by Gasteiger charge is 2.00. The van der Waals surface area contributed by atoms with E-state index in [1.807, 2.05) is 0 Å². The topological polar surface area (TPSA) is 100 Å². The van der Waals surface area contributed by atoms with E-state index in [-0.39, 0.29) is 12.8 Å². The number of aliphatic carboxylic acids is 2. The van der Waals surface area contributed by atoms with Gasteiger partial charge in [-0.15, -0.1) is 0 Å². The second kappa shape index (κ2) is 9.98. The van der Waals surface area contributed by atoms with Crippen molar-refractivity contribution in [2.45, 2.75) is 45.6 Å². The maximum atomic E-state index is 9.73. The van der Waals surface area contributed by atoms with Gasteiger partial charge in [-0.3, -0.25) is 0 Å². The van der Waals surface area contributed by atoms with Gasteiger partial charge in [0.25, 0.3) is 0 Å². The van der Waals surface area contributed by atoms with E-state index in [1.165, 1.54) is 0 Å². The van der Waals surface area contributed by atoms with Gasteiger partial charge in [-0.25, -0.2) is 0 Å². The monoisotopic (exact) mass is 204 g/mol. The number of aliphatic hydroxyl groups is 1. The van der Waals surface area contributed by atoms with Crippen molar-refractivity contribution in [1.29, 1.82) is 0 Å². The van der Waals surface area contributed by atoms with Gasteiger partial charge in [0, 0.05) is 5.97 Å². The maximum absolute atomic E-state index is 9.73. The normalized spacial score (nSPS) is 11.1. The van der Waals surface area contributed by atoms with E-state index in [4.69, 9.17) is 5.11 Å². The quantitative estimate of drug-likeness (QED) is 0.583. The molecule has 1 unspecified atom stereocenters. The molecule has 0 rings (SSSR count). The minimum Gasteiger partial charge on any atom is -0.550 e. The zero-order valence-electron chi connectivity index (χ0n) is 8.49. The largest absolute Gasteiger partial charge is 0.550 e. The molecule has 0 fully saturated rings. The Morgan fingerprint density at radius 3 is 1.79 bits per heavy atom. The predicted octanol–water partition coefficient (Wildman–Crippen LogP) is -1.57. The Morgan fingerprint density at radius 2 is 1.71 bits per heavy atom. The number of carboxylic acids is 2. The van der Waals surface area contributed by atoms with Crippen molar-refractivity contribution in [3.63, 3.8) is 0 Å². The highest BCUT2D eigenvalue weighted by Crippen LogP contribution is 1.92. The van der Waals surface area contributed by atoms with Crippen LogP contribution in [0.25, 0.3) is 0 Å². The summed E-state index contributed by atoms with van der Waals surface area (Å²) in [7, 11) is 0. The average molecular weight is 204 g/mol. The van der Waals surface area contributed by atoms with Crippen LogP contribution < -0.4 is 10.2 Å². The highest BCUT2D eigenvalue weighted by atomic mass is 16.4. The van der Waals surface area contributed by atoms with Crippen LogP contribution in [0.3, 0.4) is 0 Å². The third-order valence-electron chi connectivity index (χ3n) is 1.29. The van der Waals surface area contributed by atoms with Gasteiger partial charge in [0.05, 0.1) is 12.1 Å². The first-order valence-electron chi connectivity index (χ1n) is 4.54. The molecule has 0 spiro atoms. The summed E-state index contributed by atoms with van der Waals surface area (Å²) in [6, 6.07) is 0. The Morgan fingerprint density at radius 1 is 1.21 bits per heavy atom. The Labute approximate surface area is 83.4 Å². The van der Waals surface area contributed by atoms with E-state index >= 15 is 0 Å². The molecule has 84 valence electrons. The standard InChI is InChI=1S/C5H10O3.C4H8O2/c1-2-3-4(6)5(7)8;1-2-3-4(5)6/h4,6H,2-3H2,1H3,(H,7,8);2-3H2,1H3,(H,5,6)/p-2. The van der Waals surface area contributed by atoms with Crippen LogP contribution in [-0.4, -0.2) is 23.1 Å². The summed E-state index contributed by atoms with van der Waals surface area (Å²) < 4.78 is 0. The van der Waals surface area contributed by atoms with Gasteiger partial charge in [0.2, 0.25) is 0 Å². The van der Waals surface area contributed by atoms with Gasteiger partial charge < -0.3 is 24.9 Å². The molecule has 0 aromatic heterocycles. The summed E-state index contributed by atoms with van der Waals surface area (Å²) in [4.78, 5) is 19.2. The van der Waals surface area contributed by atoms with Crippen molar-refractivity contribution < 1.29 is 24.9 Å². The van der Waals surface area contributed by atoms with Gasteiger partial charge in [0.1, 0.15) is 0 Å². The summed E-state index contributed by atoms with van der Waals surface area (Å²) in [5.74, 6) is -2.34. The molecular formula is C9H16O5-2. The van der Waals surface area contributed by atoms with Gasteiger partial charge in [-0.1, -0.05) is 26.7 Å². The van der Waals surface area contributed by atoms with Crippen LogP contribution in [0.2, 0.25) is 0 Å². The molecule has 0 aromatic rings. The number of rotatable bonds is 5. The number of hydrogen-bond donors (Lipinski definition) is 1. The summed E-state index contributed by atoms with van der Waals surface area (Å²) in [5.41, 5.74) is 0. The molecule has 0 aliphatic heterocycles. The Balaban J connectivity index is 0. The SMILES string of the molecule is CCCC(=O)[O-].CCCC(O)C(=O)[O-]. The predicted molar refractivity (Wildman–Crippen MR) is 45.8 cm³/mol. The van der Waals surface area contributed by atoms with Gasteiger partial charge in [-0.2, -0.15) is 0 Å². The summed E-state index contributed by atoms with van der Waals surface area (Å²) in [6.45, 7) is 3.60. The molecule has 0 radical (unpaired) electrons. The molecule has 0 saturated heterocycles. The van der Waals surface area contributed by atoms with E-state index in [2.05, 4.69) is 0 Å². The minimum absolute atomic E-state index is 0.181. The van der Waals surface area contributed by atoms with Gasteiger partial charge >= 0.3 is 0 Å². The van der Waals surface area contributed by atoms with Crippen LogP contribution in [0.15, 0.2) is 0 Å². The summed E-state index contributed by atoms with van der Waals surface area (Å²) in [5, 5.41) is 27.7. The molecule has 0 heterocycles. The first kappa shape index (κ1) is 15.4. The second-order valence-corrected chi connectivity index (χ2v) is 2.75. The zero-order chi connectivity index (χ0) is 11.6.